The van der Waals surface area contributed by atoms with Crippen LogP contribution in [0.5, 0.6) is 5.75 Å². The molecule has 0 atom stereocenters. The molecule has 1 aromatic rings. The highest BCUT2D eigenvalue weighted by Gasteiger charge is 2.30. The van der Waals surface area contributed by atoms with Crippen LogP contribution in [0.4, 0.5) is 13.2 Å². The van der Waals surface area contributed by atoms with Gasteiger partial charge in [0.2, 0.25) is 0 Å². The summed E-state index contributed by atoms with van der Waals surface area (Å²) < 4.78 is 42.8. The Morgan fingerprint density at radius 3 is 2.48 bits per heavy atom. The average molecular weight is 304 g/mol. The average Bonchev–Trinajstić information content (AvgIpc) is 2.37. The molecule has 118 valence electrons. The lowest BCUT2D eigenvalue weighted by molar-refractivity contribution is -0.147. The molecular formula is C15H19F3O3. The van der Waals surface area contributed by atoms with E-state index in [1.165, 1.54) is 12.1 Å². The number of hydrogen-bond donors (Lipinski definition) is 1. The first-order valence-electron chi connectivity index (χ1n) is 6.66. The maximum atomic E-state index is 12.5. The minimum atomic E-state index is -4.38. The predicted molar refractivity (Wildman–Crippen MR) is 72.2 cm³/mol. The van der Waals surface area contributed by atoms with Gasteiger partial charge in [0, 0.05) is 0 Å². The molecule has 0 bridgehead atoms. The third-order valence-corrected chi connectivity index (χ3v) is 3.21. The van der Waals surface area contributed by atoms with E-state index in [4.69, 9.17) is 9.84 Å². The van der Waals surface area contributed by atoms with Crippen molar-refractivity contribution in [3.8, 4) is 5.75 Å². The topological polar surface area (TPSA) is 46.5 Å². The standard InChI is InChI=1S/C15H19F3O3/c1-14(2,13(19)20)8-3-4-9-21-12-7-5-6-11(10-12)15(16,17)18/h5-7,10H,3-4,8-9H2,1-2H3,(H,19,20). The molecular weight excluding hydrogens is 285 g/mol. The van der Waals surface area contributed by atoms with Crippen LogP contribution in [0.1, 0.15) is 38.7 Å². The molecule has 3 nitrogen and oxygen atoms in total. The fourth-order valence-electron chi connectivity index (χ4n) is 1.73. The number of carbonyl (C=O) groups is 1. The van der Waals surface area contributed by atoms with Gasteiger partial charge >= 0.3 is 12.1 Å². The lowest BCUT2D eigenvalue weighted by Crippen LogP contribution is -2.23. The summed E-state index contributed by atoms with van der Waals surface area (Å²) in [6, 6.07) is 4.71. The molecule has 0 saturated carbocycles. The van der Waals surface area contributed by atoms with E-state index < -0.39 is 23.1 Å². The van der Waals surface area contributed by atoms with Gasteiger partial charge in [-0.05, 0) is 51.3 Å². The Labute approximate surface area is 121 Å². The van der Waals surface area contributed by atoms with Gasteiger partial charge < -0.3 is 9.84 Å². The predicted octanol–water partition coefficient (Wildman–Crippen LogP) is 4.37. The Bertz CT molecular complexity index is 481. The minimum Gasteiger partial charge on any atom is -0.494 e. The second-order valence-electron chi connectivity index (χ2n) is 5.52. The maximum absolute atomic E-state index is 12.5. The second-order valence-corrected chi connectivity index (χ2v) is 5.52. The summed E-state index contributed by atoms with van der Waals surface area (Å²) in [6.07, 6.45) is -2.66. The van der Waals surface area contributed by atoms with Crippen molar-refractivity contribution in [2.45, 2.75) is 39.3 Å². The van der Waals surface area contributed by atoms with Gasteiger partial charge in [0.1, 0.15) is 5.75 Å². The van der Waals surface area contributed by atoms with E-state index in [9.17, 15) is 18.0 Å². The number of ether oxygens (including phenoxy) is 1. The van der Waals surface area contributed by atoms with E-state index in [0.29, 0.717) is 19.3 Å². The fourth-order valence-corrected chi connectivity index (χ4v) is 1.73. The molecule has 6 heteroatoms. The largest absolute Gasteiger partial charge is 0.494 e. The third-order valence-electron chi connectivity index (χ3n) is 3.21. The van der Waals surface area contributed by atoms with Crippen LogP contribution in [0.3, 0.4) is 0 Å². The van der Waals surface area contributed by atoms with Crippen molar-refractivity contribution in [3.05, 3.63) is 29.8 Å². The molecule has 0 fully saturated rings. The Kier molecular flexibility index (Phi) is 5.63. The van der Waals surface area contributed by atoms with Gasteiger partial charge in [-0.3, -0.25) is 4.79 Å². The highest BCUT2D eigenvalue weighted by Crippen LogP contribution is 2.31. The van der Waals surface area contributed by atoms with Crippen LogP contribution in [0, 0.1) is 5.41 Å². The third kappa shape index (κ3) is 5.65. The first kappa shape index (κ1) is 17.3. The SMILES string of the molecule is CC(C)(CCCCOc1cccc(C(F)(F)F)c1)C(=O)O. The molecule has 0 aliphatic heterocycles. The van der Waals surface area contributed by atoms with Gasteiger partial charge in [0.15, 0.2) is 0 Å². The van der Waals surface area contributed by atoms with Crippen LogP contribution in [0.2, 0.25) is 0 Å². The van der Waals surface area contributed by atoms with Gasteiger partial charge in [-0.25, -0.2) is 0 Å². The van der Waals surface area contributed by atoms with Gasteiger partial charge in [-0.15, -0.1) is 0 Å². The van der Waals surface area contributed by atoms with Gasteiger partial charge in [-0.2, -0.15) is 13.2 Å². The highest BCUT2D eigenvalue weighted by atomic mass is 19.4. The molecule has 0 unspecified atom stereocenters. The molecule has 0 saturated heterocycles. The van der Waals surface area contributed by atoms with E-state index in [1.807, 2.05) is 0 Å². The van der Waals surface area contributed by atoms with Crippen LogP contribution in [-0.4, -0.2) is 17.7 Å². The normalized spacial score (nSPS) is 12.2. The molecule has 0 radical (unpaired) electrons. The van der Waals surface area contributed by atoms with Crippen molar-refractivity contribution in [3.63, 3.8) is 0 Å². The summed E-state index contributed by atoms with van der Waals surface area (Å²) in [4.78, 5) is 10.9. The molecule has 0 spiro atoms. The molecule has 0 aliphatic rings. The van der Waals surface area contributed by atoms with Crippen LogP contribution in [0.15, 0.2) is 24.3 Å². The molecule has 0 aliphatic carbocycles. The van der Waals surface area contributed by atoms with Crippen molar-refractivity contribution in [2.24, 2.45) is 5.41 Å². The number of halogens is 3. The smallest absolute Gasteiger partial charge is 0.416 e. The number of alkyl halides is 3. The zero-order valence-electron chi connectivity index (χ0n) is 12.0. The van der Waals surface area contributed by atoms with Crippen molar-refractivity contribution in [2.75, 3.05) is 6.61 Å². The first-order valence-corrected chi connectivity index (χ1v) is 6.66. The summed E-state index contributed by atoms with van der Waals surface area (Å²) in [7, 11) is 0. The summed E-state index contributed by atoms with van der Waals surface area (Å²) >= 11 is 0. The Morgan fingerprint density at radius 2 is 1.90 bits per heavy atom. The number of benzene rings is 1. The highest BCUT2D eigenvalue weighted by molar-refractivity contribution is 5.73. The van der Waals surface area contributed by atoms with E-state index >= 15 is 0 Å². The van der Waals surface area contributed by atoms with E-state index in [2.05, 4.69) is 0 Å². The zero-order chi connectivity index (χ0) is 16.1. The van der Waals surface area contributed by atoms with Gasteiger partial charge in [0.05, 0.1) is 17.6 Å². The molecule has 1 N–H and O–H groups in total. The molecule has 0 amide bonds. The summed E-state index contributed by atoms with van der Waals surface area (Å²) in [5, 5.41) is 8.94. The zero-order valence-corrected chi connectivity index (χ0v) is 12.0. The quantitative estimate of drug-likeness (QED) is 0.761. The van der Waals surface area contributed by atoms with Crippen molar-refractivity contribution < 1.29 is 27.8 Å². The van der Waals surface area contributed by atoms with Crippen LogP contribution >= 0.6 is 0 Å². The number of carboxylic acid groups (broad SMARTS) is 1. The second kappa shape index (κ2) is 6.83. The lowest BCUT2D eigenvalue weighted by atomic mass is 9.87. The summed E-state index contributed by atoms with van der Waals surface area (Å²) in [5.41, 5.74) is -1.54. The van der Waals surface area contributed by atoms with E-state index in [-0.39, 0.29) is 12.4 Å². The molecule has 0 heterocycles. The Balaban J connectivity index is 2.39. The van der Waals surface area contributed by atoms with Crippen molar-refractivity contribution in [1.82, 2.24) is 0 Å². The Morgan fingerprint density at radius 1 is 1.24 bits per heavy atom. The molecule has 1 aromatic carbocycles. The van der Waals surface area contributed by atoms with Gasteiger partial charge in [0.25, 0.3) is 0 Å². The van der Waals surface area contributed by atoms with E-state index in [1.54, 1.807) is 13.8 Å². The maximum Gasteiger partial charge on any atom is 0.416 e. The molecule has 21 heavy (non-hydrogen) atoms. The summed E-state index contributed by atoms with van der Waals surface area (Å²) in [5.74, 6) is -0.691. The minimum absolute atomic E-state index is 0.169. The number of rotatable bonds is 7. The molecule has 0 aromatic heterocycles. The van der Waals surface area contributed by atoms with Gasteiger partial charge in [-0.1, -0.05) is 6.07 Å². The van der Waals surface area contributed by atoms with Crippen molar-refractivity contribution >= 4 is 5.97 Å². The van der Waals surface area contributed by atoms with Crippen LogP contribution in [-0.2, 0) is 11.0 Å². The molecule has 1 rings (SSSR count). The number of carboxylic acids is 1. The summed E-state index contributed by atoms with van der Waals surface area (Å²) in [6.45, 7) is 3.54. The number of unbranched alkanes of at least 4 members (excludes halogenated alkanes) is 1. The first-order chi connectivity index (χ1) is 9.63. The van der Waals surface area contributed by atoms with Crippen LogP contribution < -0.4 is 4.74 Å². The van der Waals surface area contributed by atoms with E-state index in [0.717, 1.165) is 12.1 Å². The fraction of sp³-hybridized carbons (Fsp3) is 0.533. The number of aliphatic carboxylic acids is 1. The van der Waals surface area contributed by atoms with Crippen molar-refractivity contribution in [1.29, 1.82) is 0 Å². The monoisotopic (exact) mass is 304 g/mol. The van der Waals surface area contributed by atoms with Crippen LogP contribution in [0.25, 0.3) is 0 Å². The lowest BCUT2D eigenvalue weighted by Gasteiger charge is -2.18. The number of hydrogen-bond acceptors (Lipinski definition) is 2. The Hall–Kier alpha value is -1.72.